The number of amides is 1. The van der Waals surface area contributed by atoms with Gasteiger partial charge in [0.15, 0.2) is 20.8 Å². The molecule has 4 rings (SSSR count). The highest BCUT2D eigenvalue weighted by Gasteiger charge is 2.34. The zero-order valence-corrected chi connectivity index (χ0v) is 23.6. The smallest absolute Gasteiger partial charge is 0.233 e. The van der Waals surface area contributed by atoms with Crippen molar-refractivity contribution in [3.05, 3.63) is 54.1 Å². The van der Waals surface area contributed by atoms with E-state index in [0.29, 0.717) is 23.9 Å². The average molecular weight is 543 g/mol. The molecule has 1 aliphatic heterocycles. The molecule has 10 heteroatoms. The van der Waals surface area contributed by atoms with Crippen LogP contribution in [0.5, 0.6) is 5.75 Å². The van der Waals surface area contributed by atoms with Crippen LogP contribution in [0, 0.1) is 0 Å². The van der Waals surface area contributed by atoms with Crippen molar-refractivity contribution in [2.75, 3.05) is 30.9 Å². The van der Waals surface area contributed by atoms with Crippen LogP contribution in [0.1, 0.15) is 39.7 Å². The van der Waals surface area contributed by atoms with E-state index in [0.717, 1.165) is 17.0 Å². The van der Waals surface area contributed by atoms with Gasteiger partial charge in [-0.3, -0.25) is 9.36 Å². The van der Waals surface area contributed by atoms with Gasteiger partial charge in [0.25, 0.3) is 0 Å². The molecular formula is C27H34N4O4S2. The highest BCUT2D eigenvalue weighted by atomic mass is 32.2. The van der Waals surface area contributed by atoms with Crippen LogP contribution in [-0.2, 0) is 20.0 Å². The lowest BCUT2D eigenvalue weighted by Crippen LogP contribution is -2.42. The molecule has 37 heavy (non-hydrogen) atoms. The molecule has 3 aromatic rings. The molecule has 0 unspecified atom stereocenters. The Hall–Kier alpha value is -2.85. The first-order valence-electron chi connectivity index (χ1n) is 12.4. The van der Waals surface area contributed by atoms with E-state index in [1.165, 1.54) is 17.3 Å². The fraction of sp³-hybridized carbons (Fsp3) is 0.444. The van der Waals surface area contributed by atoms with Crippen LogP contribution in [0.15, 0.2) is 53.7 Å². The molecule has 0 bridgehead atoms. The number of benzene rings is 2. The largest absolute Gasteiger partial charge is 0.497 e. The number of thioether (sulfide) groups is 1. The Morgan fingerprint density at radius 1 is 1.11 bits per heavy atom. The molecule has 1 fully saturated rings. The molecule has 0 N–H and O–H groups in total. The van der Waals surface area contributed by atoms with Crippen molar-refractivity contribution in [3.8, 4) is 22.8 Å². The maximum atomic E-state index is 13.1. The van der Waals surface area contributed by atoms with Gasteiger partial charge >= 0.3 is 0 Å². The molecule has 1 saturated heterocycles. The number of hydrogen-bond acceptors (Lipinski definition) is 7. The predicted octanol–water partition coefficient (Wildman–Crippen LogP) is 4.37. The Balaban J connectivity index is 1.63. The van der Waals surface area contributed by atoms with Gasteiger partial charge in [0.1, 0.15) is 5.75 Å². The zero-order chi connectivity index (χ0) is 26.8. The minimum Gasteiger partial charge on any atom is -0.497 e. The van der Waals surface area contributed by atoms with E-state index in [1.807, 2.05) is 47.9 Å². The molecular weight excluding hydrogens is 508 g/mol. The molecule has 0 aliphatic carbocycles. The quantitative estimate of drug-likeness (QED) is 0.390. The van der Waals surface area contributed by atoms with E-state index in [4.69, 9.17) is 4.74 Å². The second-order valence-electron chi connectivity index (χ2n) is 10.2. The van der Waals surface area contributed by atoms with Crippen LogP contribution in [0.3, 0.4) is 0 Å². The van der Waals surface area contributed by atoms with Crippen LogP contribution < -0.4 is 4.74 Å². The highest BCUT2D eigenvalue weighted by Crippen LogP contribution is 2.31. The van der Waals surface area contributed by atoms with Gasteiger partial charge in [-0.25, -0.2) is 8.42 Å². The van der Waals surface area contributed by atoms with Crippen molar-refractivity contribution in [3.63, 3.8) is 0 Å². The van der Waals surface area contributed by atoms with Crippen LogP contribution >= 0.6 is 11.8 Å². The maximum absolute atomic E-state index is 13.1. The van der Waals surface area contributed by atoms with Crippen molar-refractivity contribution in [1.29, 1.82) is 0 Å². The Kier molecular flexibility index (Phi) is 7.99. The second kappa shape index (κ2) is 10.9. The summed E-state index contributed by atoms with van der Waals surface area (Å²) in [6, 6.07) is 15.7. The summed E-state index contributed by atoms with van der Waals surface area (Å²) in [5.74, 6) is 1.63. The molecule has 0 saturated carbocycles. The monoisotopic (exact) mass is 542 g/mol. The molecule has 1 aromatic heterocycles. The number of hydrogen-bond donors (Lipinski definition) is 0. The van der Waals surface area contributed by atoms with E-state index in [1.54, 1.807) is 12.0 Å². The maximum Gasteiger partial charge on any atom is 0.233 e. The number of sulfone groups is 1. The average Bonchev–Trinajstić information content (AvgIpc) is 3.45. The van der Waals surface area contributed by atoms with Crippen LogP contribution in [0.25, 0.3) is 17.1 Å². The molecule has 198 valence electrons. The summed E-state index contributed by atoms with van der Waals surface area (Å²) in [4.78, 5) is 14.8. The minimum absolute atomic E-state index is 0.0351. The molecule has 1 aliphatic rings. The normalized spacial score (nSPS) is 17.1. The molecule has 1 amide bonds. The number of carbonyl (C=O) groups is 1. The lowest BCUT2D eigenvalue weighted by molar-refractivity contribution is -0.129. The van der Waals surface area contributed by atoms with Crippen molar-refractivity contribution >= 4 is 27.5 Å². The summed E-state index contributed by atoms with van der Waals surface area (Å²) in [6.07, 6.45) is 0.489. The SMILES string of the molecule is CCN(C(=O)CSc1nnc(-c2ccc(C(C)(C)C)cc2)n1-c1ccc(OC)cc1)[C@H]1CCS(=O)(=O)C1. The number of aromatic nitrogens is 3. The highest BCUT2D eigenvalue weighted by molar-refractivity contribution is 7.99. The number of ether oxygens (including phenoxy) is 1. The van der Waals surface area contributed by atoms with Crippen molar-refractivity contribution in [2.24, 2.45) is 0 Å². The van der Waals surface area contributed by atoms with Gasteiger partial charge in [0.2, 0.25) is 5.91 Å². The van der Waals surface area contributed by atoms with E-state index in [2.05, 4.69) is 43.1 Å². The van der Waals surface area contributed by atoms with Gasteiger partial charge in [-0.1, -0.05) is 56.8 Å². The lowest BCUT2D eigenvalue weighted by Gasteiger charge is -2.26. The van der Waals surface area contributed by atoms with Crippen molar-refractivity contribution in [2.45, 2.75) is 50.7 Å². The van der Waals surface area contributed by atoms with Gasteiger partial charge in [-0.05, 0) is 48.6 Å². The summed E-state index contributed by atoms with van der Waals surface area (Å²) in [5, 5.41) is 9.52. The summed E-state index contributed by atoms with van der Waals surface area (Å²) in [5.41, 5.74) is 3.03. The third-order valence-electron chi connectivity index (χ3n) is 6.61. The lowest BCUT2D eigenvalue weighted by atomic mass is 9.87. The third kappa shape index (κ3) is 6.18. The van der Waals surface area contributed by atoms with Crippen molar-refractivity contribution in [1.82, 2.24) is 19.7 Å². The van der Waals surface area contributed by atoms with Gasteiger partial charge in [-0.2, -0.15) is 0 Å². The van der Waals surface area contributed by atoms with Gasteiger partial charge in [0.05, 0.1) is 24.4 Å². The van der Waals surface area contributed by atoms with Gasteiger partial charge < -0.3 is 9.64 Å². The van der Waals surface area contributed by atoms with Gasteiger partial charge in [-0.15, -0.1) is 10.2 Å². The fourth-order valence-corrected chi connectivity index (χ4v) is 7.07. The zero-order valence-electron chi connectivity index (χ0n) is 22.0. The number of methoxy groups -OCH3 is 1. The second-order valence-corrected chi connectivity index (χ2v) is 13.4. The van der Waals surface area contributed by atoms with Crippen LogP contribution in [-0.4, -0.2) is 70.9 Å². The van der Waals surface area contributed by atoms with Crippen LogP contribution in [0.4, 0.5) is 0 Å². The number of carbonyl (C=O) groups excluding carboxylic acids is 1. The fourth-order valence-electron chi connectivity index (χ4n) is 4.50. The van der Waals surface area contributed by atoms with Crippen LogP contribution in [0.2, 0.25) is 0 Å². The Labute approximate surface area is 223 Å². The number of rotatable bonds is 8. The Morgan fingerprint density at radius 3 is 2.32 bits per heavy atom. The molecule has 0 radical (unpaired) electrons. The molecule has 2 heterocycles. The summed E-state index contributed by atoms with van der Waals surface area (Å²) in [7, 11) is -1.45. The first kappa shape index (κ1) is 27.2. The summed E-state index contributed by atoms with van der Waals surface area (Å²) < 4.78 is 31.2. The minimum atomic E-state index is -3.08. The van der Waals surface area contributed by atoms with Gasteiger partial charge in [0, 0.05) is 23.8 Å². The van der Waals surface area contributed by atoms with Crippen molar-refractivity contribution < 1.29 is 17.9 Å². The topological polar surface area (TPSA) is 94.4 Å². The number of nitrogens with zero attached hydrogens (tertiary/aromatic N) is 4. The first-order valence-corrected chi connectivity index (χ1v) is 15.2. The van der Waals surface area contributed by atoms with E-state index < -0.39 is 9.84 Å². The third-order valence-corrected chi connectivity index (χ3v) is 9.27. The summed E-state index contributed by atoms with van der Waals surface area (Å²) >= 11 is 1.30. The molecule has 2 aromatic carbocycles. The standard InChI is InChI=1S/C27H34N4O4S2/c1-6-30(22-15-16-37(33,34)18-22)24(32)17-36-26-29-28-25(19-7-9-20(10-8-19)27(2,3)4)31(26)21-11-13-23(35-5)14-12-21/h7-14,22H,6,15-18H2,1-5H3/t22-/m0/s1. The van der Waals surface area contributed by atoms with E-state index >= 15 is 0 Å². The molecule has 1 atom stereocenters. The summed E-state index contributed by atoms with van der Waals surface area (Å²) in [6.45, 7) is 8.87. The molecule has 8 nitrogen and oxygen atoms in total. The Bertz CT molecular complexity index is 1340. The van der Waals surface area contributed by atoms with E-state index in [9.17, 15) is 13.2 Å². The first-order chi connectivity index (χ1) is 17.5. The molecule has 0 spiro atoms. The predicted molar refractivity (Wildman–Crippen MR) is 147 cm³/mol. The van der Waals surface area contributed by atoms with E-state index in [-0.39, 0.29) is 34.6 Å². The Morgan fingerprint density at radius 2 is 1.78 bits per heavy atom.